The number of rotatable bonds is 5. The zero-order chi connectivity index (χ0) is 20.5. The third-order valence-electron chi connectivity index (χ3n) is 3.79. The maximum Gasteiger partial charge on any atom is 0.283 e. The number of benzene rings is 2. The molecule has 0 spiro atoms. The molecule has 0 bridgehead atoms. The first-order valence-corrected chi connectivity index (χ1v) is 11.2. The van der Waals surface area contributed by atoms with Gasteiger partial charge in [0.15, 0.2) is 6.20 Å². The minimum atomic E-state index is -3.89. The average molecular weight is 549 g/mol. The Balaban J connectivity index is 1.87. The molecule has 0 aliphatic heterocycles. The number of hydrogen-bond donors (Lipinski definition) is 0. The molecule has 0 N–H and O–H groups in total. The van der Waals surface area contributed by atoms with Crippen molar-refractivity contribution in [1.29, 1.82) is 0 Å². The topological polar surface area (TPSA) is 73.5 Å². The molecule has 0 unspecified atom stereocenters. The SMILES string of the molecule is CN(c1cc(Br)c[n+]([O-])c1Br)S(=O)(=O)c1ccc(Oc2ccc(Cl)cc2)cc1. The molecule has 1 heterocycles. The van der Waals surface area contributed by atoms with Gasteiger partial charge in [-0.3, -0.25) is 4.31 Å². The Morgan fingerprint density at radius 2 is 1.57 bits per heavy atom. The van der Waals surface area contributed by atoms with Crippen molar-refractivity contribution < 1.29 is 17.9 Å². The van der Waals surface area contributed by atoms with E-state index in [4.69, 9.17) is 16.3 Å². The maximum atomic E-state index is 12.9. The van der Waals surface area contributed by atoms with Gasteiger partial charge in [0.2, 0.25) is 0 Å². The molecule has 1 aromatic heterocycles. The molecule has 3 aromatic rings. The van der Waals surface area contributed by atoms with Crippen LogP contribution in [0.4, 0.5) is 5.69 Å². The van der Waals surface area contributed by atoms with E-state index < -0.39 is 10.0 Å². The number of anilines is 1. The molecular formula is C18H13Br2ClN2O4S. The Labute approximate surface area is 184 Å². The van der Waals surface area contributed by atoms with E-state index in [0.29, 0.717) is 25.7 Å². The molecule has 10 heteroatoms. The average Bonchev–Trinajstić information content (AvgIpc) is 2.66. The summed E-state index contributed by atoms with van der Waals surface area (Å²) in [4.78, 5) is 0.0581. The van der Waals surface area contributed by atoms with Crippen LogP contribution in [0.5, 0.6) is 11.5 Å². The van der Waals surface area contributed by atoms with Crippen LogP contribution in [0.15, 0.2) is 74.8 Å². The van der Waals surface area contributed by atoms with Crippen LogP contribution in [-0.4, -0.2) is 15.5 Å². The Hall–Kier alpha value is -1.81. The molecule has 3 rings (SSSR count). The summed E-state index contributed by atoms with van der Waals surface area (Å²) in [7, 11) is -2.51. The summed E-state index contributed by atoms with van der Waals surface area (Å²) in [5.41, 5.74) is 0.200. The van der Waals surface area contributed by atoms with Crippen molar-refractivity contribution in [2.45, 2.75) is 4.90 Å². The molecule has 0 radical (unpaired) electrons. The van der Waals surface area contributed by atoms with Gasteiger partial charge in [0, 0.05) is 28.0 Å². The van der Waals surface area contributed by atoms with Gasteiger partial charge in [0.05, 0.1) is 9.37 Å². The number of ether oxygens (including phenoxy) is 1. The van der Waals surface area contributed by atoms with Crippen molar-refractivity contribution in [3.63, 3.8) is 0 Å². The number of halogens is 3. The van der Waals surface area contributed by atoms with Crippen LogP contribution in [0.3, 0.4) is 0 Å². The predicted octanol–water partition coefficient (Wildman–Crippen LogP) is 5.12. The largest absolute Gasteiger partial charge is 0.618 e. The highest BCUT2D eigenvalue weighted by Gasteiger charge is 2.26. The van der Waals surface area contributed by atoms with Gasteiger partial charge in [-0.2, -0.15) is 4.73 Å². The van der Waals surface area contributed by atoms with Crippen LogP contribution in [0.25, 0.3) is 0 Å². The molecule has 0 saturated heterocycles. The molecule has 0 fully saturated rings. The first-order valence-electron chi connectivity index (χ1n) is 7.79. The van der Waals surface area contributed by atoms with Gasteiger partial charge in [0.25, 0.3) is 14.6 Å². The van der Waals surface area contributed by atoms with Crippen LogP contribution < -0.4 is 13.8 Å². The van der Waals surface area contributed by atoms with Gasteiger partial charge in [-0.1, -0.05) is 11.6 Å². The highest BCUT2D eigenvalue weighted by atomic mass is 79.9. The van der Waals surface area contributed by atoms with Crippen molar-refractivity contribution >= 4 is 59.2 Å². The van der Waals surface area contributed by atoms with E-state index in [2.05, 4.69) is 31.9 Å². The fraction of sp³-hybridized carbons (Fsp3) is 0.0556. The Morgan fingerprint density at radius 3 is 2.14 bits per heavy atom. The second-order valence-electron chi connectivity index (χ2n) is 5.66. The predicted molar refractivity (Wildman–Crippen MR) is 114 cm³/mol. The van der Waals surface area contributed by atoms with Gasteiger partial charge < -0.3 is 9.94 Å². The first-order chi connectivity index (χ1) is 13.2. The summed E-state index contributed by atoms with van der Waals surface area (Å²) in [6, 6.07) is 14.3. The quantitative estimate of drug-likeness (QED) is 0.252. The van der Waals surface area contributed by atoms with E-state index in [-0.39, 0.29) is 15.2 Å². The summed E-state index contributed by atoms with van der Waals surface area (Å²) >= 11 is 12.2. The smallest absolute Gasteiger partial charge is 0.283 e. The molecule has 0 amide bonds. The van der Waals surface area contributed by atoms with E-state index in [1.807, 2.05) is 0 Å². The van der Waals surface area contributed by atoms with Crippen LogP contribution >= 0.6 is 43.5 Å². The van der Waals surface area contributed by atoms with E-state index in [1.165, 1.54) is 31.4 Å². The third kappa shape index (κ3) is 4.43. The summed E-state index contributed by atoms with van der Waals surface area (Å²) in [5, 5.41) is 12.5. The van der Waals surface area contributed by atoms with Gasteiger partial charge in [-0.25, -0.2) is 8.42 Å². The normalized spacial score (nSPS) is 11.3. The van der Waals surface area contributed by atoms with Crippen molar-refractivity contribution in [1.82, 2.24) is 0 Å². The second kappa shape index (κ2) is 8.28. The summed E-state index contributed by atoms with van der Waals surface area (Å²) < 4.78 is 33.7. The Kier molecular flexibility index (Phi) is 6.18. The van der Waals surface area contributed by atoms with Gasteiger partial charge in [0.1, 0.15) is 17.2 Å². The van der Waals surface area contributed by atoms with Crippen molar-refractivity contribution in [3.8, 4) is 11.5 Å². The molecular weight excluding hydrogens is 536 g/mol. The highest BCUT2D eigenvalue weighted by molar-refractivity contribution is 9.11. The van der Waals surface area contributed by atoms with Gasteiger partial charge in [-0.15, -0.1) is 0 Å². The lowest BCUT2D eigenvalue weighted by molar-refractivity contribution is -0.617. The maximum absolute atomic E-state index is 12.9. The highest BCUT2D eigenvalue weighted by Crippen LogP contribution is 2.31. The number of pyridine rings is 1. The van der Waals surface area contributed by atoms with Crippen LogP contribution in [-0.2, 0) is 10.0 Å². The fourth-order valence-corrected chi connectivity index (χ4v) is 4.66. The monoisotopic (exact) mass is 546 g/mol. The number of hydrogen-bond acceptors (Lipinski definition) is 4. The number of nitrogens with zero attached hydrogens (tertiary/aromatic N) is 2. The third-order valence-corrected chi connectivity index (χ3v) is 7.02. The minimum absolute atomic E-state index is 0.0581. The zero-order valence-corrected chi connectivity index (χ0v) is 19.1. The summed E-state index contributed by atoms with van der Waals surface area (Å²) in [6.07, 6.45) is 1.27. The standard InChI is InChI=1S/C18H13Br2ClN2O4S/c1-22(17-10-12(19)11-23(24)18(17)20)28(25,26)16-8-6-15(7-9-16)27-14-4-2-13(21)3-5-14/h2-11H,1H3. The number of aromatic nitrogens is 1. The van der Waals surface area contributed by atoms with Crippen molar-refractivity contribution in [2.75, 3.05) is 11.4 Å². The zero-order valence-electron chi connectivity index (χ0n) is 14.3. The Bertz CT molecular complexity index is 1110. The van der Waals surface area contributed by atoms with Gasteiger partial charge >= 0.3 is 0 Å². The van der Waals surface area contributed by atoms with Crippen LogP contribution in [0.1, 0.15) is 0 Å². The molecule has 6 nitrogen and oxygen atoms in total. The molecule has 0 aliphatic rings. The van der Waals surface area contributed by atoms with E-state index >= 15 is 0 Å². The minimum Gasteiger partial charge on any atom is -0.618 e. The van der Waals surface area contributed by atoms with E-state index in [9.17, 15) is 13.6 Å². The van der Waals surface area contributed by atoms with Crippen molar-refractivity contribution in [2.24, 2.45) is 0 Å². The molecule has 0 atom stereocenters. The fourth-order valence-electron chi connectivity index (χ4n) is 2.34. The van der Waals surface area contributed by atoms with Crippen molar-refractivity contribution in [3.05, 3.63) is 80.1 Å². The van der Waals surface area contributed by atoms with E-state index in [1.54, 1.807) is 36.4 Å². The lowest BCUT2D eigenvalue weighted by Crippen LogP contribution is -2.33. The lowest BCUT2D eigenvalue weighted by atomic mass is 10.3. The summed E-state index contributed by atoms with van der Waals surface area (Å²) in [5.74, 6) is 1.06. The van der Waals surface area contributed by atoms with Crippen LogP contribution in [0, 0.1) is 5.21 Å². The molecule has 2 aromatic carbocycles. The molecule has 0 saturated carbocycles. The molecule has 28 heavy (non-hydrogen) atoms. The first kappa shape index (κ1) is 20.9. The van der Waals surface area contributed by atoms with E-state index in [0.717, 1.165) is 4.31 Å². The molecule has 146 valence electrons. The number of sulfonamides is 1. The van der Waals surface area contributed by atoms with Gasteiger partial charge in [-0.05, 0) is 70.5 Å². The lowest BCUT2D eigenvalue weighted by Gasteiger charge is -2.20. The Morgan fingerprint density at radius 1 is 1.04 bits per heavy atom. The summed E-state index contributed by atoms with van der Waals surface area (Å²) in [6.45, 7) is 0. The van der Waals surface area contributed by atoms with Crippen LogP contribution in [0.2, 0.25) is 5.02 Å². The second-order valence-corrected chi connectivity index (χ2v) is 9.73. The molecule has 0 aliphatic carbocycles.